The molecule has 50 heavy (non-hydrogen) atoms. The summed E-state index contributed by atoms with van der Waals surface area (Å²) < 4.78 is 32.5. The molecule has 0 bridgehead atoms. The van der Waals surface area contributed by atoms with E-state index in [1.807, 2.05) is 0 Å². The van der Waals surface area contributed by atoms with E-state index in [0.717, 1.165) is 17.7 Å². The SMILES string of the molecule is CC(C)(C)OC(=O)NCCOCCOCCOCCOCCOCCCCCC(=O)Nc1cccc2c1C(=O)N(C1CCC(=O)NC1=O)C2=O. The second-order valence-electron chi connectivity index (χ2n) is 12.5. The molecule has 0 aliphatic carbocycles. The van der Waals surface area contributed by atoms with Gasteiger partial charge in [-0.05, 0) is 52.2 Å². The van der Waals surface area contributed by atoms with Gasteiger partial charge in [0, 0.05) is 26.0 Å². The molecule has 1 unspecified atom stereocenters. The number of benzene rings is 1. The maximum Gasteiger partial charge on any atom is 0.407 e. The smallest absolute Gasteiger partial charge is 0.407 e. The summed E-state index contributed by atoms with van der Waals surface area (Å²) in [6.07, 6.45) is 1.96. The van der Waals surface area contributed by atoms with Gasteiger partial charge in [0.1, 0.15) is 11.6 Å². The van der Waals surface area contributed by atoms with Crippen molar-refractivity contribution in [1.82, 2.24) is 15.5 Å². The number of piperidine rings is 1. The van der Waals surface area contributed by atoms with Crippen LogP contribution in [-0.2, 0) is 42.8 Å². The Labute approximate surface area is 292 Å². The summed E-state index contributed by atoms with van der Waals surface area (Å²) in [7, 11) is 0. The van der Waals surface area contributed by atoms with E-state index in [2.05, 4.69) is 16.0 Å². The number of carbonyl (C=O) groups is 6. The van der Waals surface area contributed by atoms with E-state index in [0.29, 0.717) is 79.0 Å². The van der Waals surface area contributed by atoms with Gasteiger partial charge in [-0.25, -0.2) is 4.79 Å². The van der Waals surface area contributed by atoms with Crippen LogP contribution in [0.3, 0.4) is 0 Å². The lowest BCUT2D eigenvalue weighted by atomic mass is 10.0. The summed E-state index contributed by atoms with van der Waals surface area (Å²) in [4.78, 5) is 74.9. The first-order valence-corrected chi connectivity index (χ1v) is 17.0. The number of hydrogen-bond donors (Lipinski definition) is 3. The summed E-state index contributed by atoms with van der Waals surface area (Å²) in [5, 5.41) is 7.51. The highest BCUT2D eigenvalue weighted by atomic mass is 16.6. The minimum Gasteiger partial charge on any atom is -0.444 e. The highest BCUT2D eigenvalue weighted by molar-refractivity contribution is 6.26. The van der Waals surface area contributed by atoms with E-state index in [-0.39, 0.29) is 42.0 Å². The molecular weight excluding hydrogens is 656 g/mol. The van der Waals surface area contributed by atoms with Crippen molar-refractivity contribution in [2.75, 3.05) is 77.9 Å². The Kier molecular flexibility index (Phi) is 17.2. The number of imide groups is 2. The minimum atomic E-state index is -1.07. The number of rotatable bonds is 23. The van der Waals surface area contributed by atoms with Crippen LogP contribution in [0.4, 0.5) is 10.5 Å². The molecule has 0 spiro atoms. The molecule has 2 aliphatic rings. The van der Waals surface area contributed by atoms with Gasteiger partial charge in [-0.2, -0.15) is 0 Å². The van der Waals surface area contributed by atoms with Crippen molar-refractivity contribution >= 4 is 41.3 Å². The summed E-state index contributed by atoms with van der Waals surface area (Å²) in [6.45, 7) is 10.1. The lowest BCUT2D eigenvalue weighted by Crippen LogP contribution is -2.54. The van der Waals surface area contributed by atoms with Gasteiger partial charge in [0.15, 0.2) is 0 Å². The molecule has 6 amide bonds. The zero-order chi connectivity index (χ0) is 36.4. The number of nitrogens with zero attached hydrogens (tertiary/aromatic N) is 1. The average molecular weight is 707 g/mol. The standard InChI is InChI=1S/C34H50N4O12/c1-34(2,3)50-33(44)35-13-15-46-17-19-48-21-23-49-22-20-47-18-16-45-14-6-4-5-10-27(39)36-25-9-7-8-24-29(25)32(43)38(31(24)42)26-11-12-28(40)37-30(26)41/h7-9,26H,4-6,10-23H2,1-3H3,(H,35,44)(H,36,39)(H,37,40,41). The summed E-state index contributed by atoms with van der Waals surface area (Å²) in [5.74, 6) is -2.73. The maximum atomic E-state index is 13.2. The molecule has 1 aromatic carbocycles. The summed E-state index contributed by atoms with van der Waals surface area (Å²) >= 11 is 0. The first-order valence-electron chi connectivity index (χ1n) is 17.0. The first kappa shape index (κ1) is 40.5. The highest BCUT2D eigenvalue weighted by Gasteiger charge is 2.45. The van der Waals surface area contributed by atoms with Crippen LogP contribution in [0.1, 0.15) is 80.0 Å². The first-order chi connectivity index (χ1) is 24.0. The predicted molar refractivity (Wildman–Crippen MR) is 179 cm³/mol. The summed E-state index contributed by atoms with van der Waals surface area (Å²) in [5.41, 5.74) is -0.157. The Morgan fingerprint density at radius 1 is 0.800 bits per heavy atom. The largest absolute Gasteiger partial charge is 0.444 e. The van der Waals surface area contributed by atoms with Crippen LogP contribution in [0.5, 0.6) is 0 Å². The lowest BCUT2D eigenvalue weighted by molar-refractivity contribution is -0.136. The topological polar surface area (TPSA) is 197 Å². The third-order valence-corrected chi connectivity index (χ3v) is 7.34. The van der Waals surface area contributed by atoms with Crippen LogP contribution in [0, 0.1) is 0 Å². The van der Waals surface area contributed by atoms with E-state index in [9.17, 15) is 28.8 Å². The predicted octanol–water partition coefficient (Wildman–Crippen LogP) is 2.19. The number of nitrogens with one attached hydrogen (secondary N) is 3. The molecule has 1 aromatic rings. The monoisotopic (exact) mass is 706 g/mol. The lowest BCUT2D eigenvalue weighted by Gasteiger charge is -2.27. The van der Waals surface area contributed by atoms with Crippen LogP contribution in [0.25, 0.3) is 0 Å². The Morgan fingerprint density at radius 3 is 2.00 bits per heavy atom. The van der Waals surface area contributed by atoms with E-state index in [1.54, 1.807) is 32.9 Å². The van der Waals surface area contributed by atoms with Gasteiger partial charge in [0.25, 0.3) is 11.8 Å². The molecule has 1 atom stereocenters. The number of fused-ring (bicyclic) bond motifs is 1. The van der Waals surface area contributed by atoms with Crippen molar-refractivity contribution in [1.29, 1.82) is 0 Å². The van der Waals surface area contributed by atoms with Crippen LogP contribution in [-0.4, -0.2) is 125 Å². The van der Waals surface area contributed by atoms with Crippen molar-refractivity contribution in [2.45, 2.75) is 70.9 Å². The highest BCUT2D eigenvalue weighted by Crippen LogP contribution is 2.32. The summed E-state index contributed by atoms with van der Waals surface area (Å²) in [6, 6.07) is 3.52. The number of alkyl carbamates (subject to hydrolysis) is 1. The van der Waals surface area contributed by atoms with Crippen LogP contribution >= 0.6 is 0 Å². The Balaban J connectivity index is 1.12. The zero-order valence-electron chi connectivity index (χ0n) is 29.2. The second kappa shape index (κ2) is 21.3. The molecule has 3 N–H and O–H groups in total. The van der Waals surface area contributed by atoms with E-state index < -0.39 is 41.4 Å². The van der Waals surface area contributed by atoms with E-state index in [4.69, 9.17) is 28.4 Å². The van der Waals surface area contributed by atoms with Crippen molar-refractivity contribution in [3.05, 3.63) is 29.3 Å². The Bertz CT molecular complexity index is 1320. The molecule has 0 radical (unpaired) electrons. The van der Waals surface area contributed by atoms with Crippen molar-refractivity contribution in [2.24, 2.45) is 0 Å². The molecule has 3 rings (SSSR count). The molecule has 1 fully saturated rings. The Hall–Kier alpha value is -3.96. The van der Waals surface area contributed by atoms with E-state index in [1.165, 1.54) is 6.07 Å². The average Bonchev–Trinajstić information content (AvgIpc) is 3.30. The van der Waals surface area contributed by atoms with Gasteiger partial charge >= 0.3 is 6.09 Å². The number of carbonyl (C=O) groups excluding carboxylic acids is 6. The number of unbranched alkanes of at least 4 members (excludes halogenated alkanes) is 2. The molecule has 1 saturated heterocycles. The normalized spacial score (nSPS) is 16.0. The van der Waals surface area contributed by atoms with Gasteiger partial charge in [-0.3, -0.25) is 34.2 Å². The molecular formula is C34H50N4O12. The molecule has 16 heteroatoms. The fraction of sp³-hybridized carbons (Fsp3) is 0.647. The van der Waals surface area contributed by atoms with Gasteiger partial charge in [0.05, 0.1) is 76.3 Å². The Morgan fingerprint density at radius 2 is 1.40 bits per heavy atom. The fourth-order valence-electron chi connectivity index (χ4n) is 5.02. The molecule has 278 valence electrons. The van der Waals surface area contributed by atoms with Crippen molar-refractivity contribution in [3.8, 4) is 0 Å². The number of amides is 6. The van der Waals surface area contributed by atoms with Crippen LogP contribution < -0.4 is 16.0 Å². The van der Waals surface area contributed by atoms with Crippen molar-refractivity contribution in [3.63, 3.8) is 0 Å². The molecule has 16 nitrogen and oxygen atoms in total. The van der Waals surface area contributed by atoms with Crippen LogP contribution in [0.15, 0.2) is 18.2 Å². The molecule has 0 saturated carbocycles. The van der Waals surface area contributed by atoms with Gasteiger partial charge < -0.3 is 39.1 Å². The minimum absolute atomic E-state index is 0.0274. The third kappa shape index (κ3) is 14.1. The molecule has 0 aromatic heterocycles. The van der Waals surface area contributed by atoms with Crippen molar-refractivity contribution < 1.29 is 57.2 Å². The number of anilines is 1. The number of hydrogen-bond acceptors (Lipinski definition) is 12. The van der Waals surface area contributed by atoms with Gasteiger partial charge in [0.2, 0.25) is 17.7 Å². The molecule has 2 heterocycles. The van der Waals surface area contributed by atoms with Gasteiger partial charge in [-0.1, -0.05) is 12.5 Å². The quantitative estimate of drug-likeness (QED) is 0.111. The van der Waals surface area contributed by atoms with E-state index >= 15 is 0 Å². The zero-order valence-corrected chi connectivity index (χ0v) is 29.2. The fourth-order valence-corrected chi connectivity index (χ4v) is 5.02. The maximum absolute atomic E-state index is 13.2. The molecule has 2 aliphatic heterocycles. The van der Waals surface area contributed by atoms with Crippen LogP contribution in [0.2, 0.25) is 0 Å². The number of ether oxygens (including phenoxy) is 6. The second-order valence-corrected chi connectivity index (χ2v) is 12.5. The van der Waals surface area contributed by atoms with Gasteiger partial charge in [-0.15, -0.1) is 0 Å². The third-order valence-electron chi connectivity index (χ3n) is 7.34.